The molecule has 2 atom stereocenters. The maximum atomic E-state index is 12.1. The normalized spacial score (nSPS) is 19.2. The van der Waals surface area contributed by atoms with Crippen LogP contribution in [0.2, 0.25) is 0 Å². The standard InChI is InChI=1S/C16H23F2NO/c1-11(13-5-3-4-6-13)19-12(2)14-7-9-15(10-8-14)20-16(17)18/h7-13,16,19H,3-6H2,1-2H3/t11-,12?/m0/s1. The van der Waals surface area contributed by atoms with Gasteiger partial charge in [-0.25, -0.2) is 0 Å². The largest absolute Gasteiger partial charge is 0.435 e. The molecule has 1 fully saturated rings. The van der Waals surface area contributed by atoms with Gasteiger partial charge in [0.05, 0.1) is 0 Å². The number of halogens is 2. The van der Waals surface area contributed by atoms with Gasteiger partial charge in [-0.3, -0.25) is 0 Å². The smallest absolute Gasteiger partial charge is 0.387 e. The lowest BCUT2D eigenvalue weighted by Gasteiger charge is -2.25. The van der Waals surface area contributed by atoms with Crippen molar-refractivity contribution in [2.75, 3.05) is 0 Å². The Bertz CT molecular complexity index is 401. The molecular formula is C16H23F2NO. The molecule has 0 spiro atoms. The summed E-state index contributed by atoms with van der Waals surface area (Å²) in [7, 11) is 0. The van der Waals surface area contributed by atoms with Crippen LogP contribution in [0.1, 0.15) is 51.1 Å². The van der Waals surface area contributed by atoms with Crippen LogP contribution >= 0.6 is 0 Å². The zero-order chi connectivity index (χ0) is 14.5. The van der Waals surface area contributed by atoms with E-state index in [-0.39, 0.29) is 11.8 Å². The van der Waals surface area contributed by atoms with Gasteiger partial charge in [0.1, 0.15) is 5.75 Å². The van der Waals surface area contributed by atoms with Crippen molar-refractivity contribution in [3.63, 3.8) is 0 Å². The van der Waals surface area contributed by atoms with Crippen LogP contribution in [0.5, 0.6) is 5.75 Å². The molecule has 4 heteroatoms. The van der Waals surface area contributed by atoms with Gasteiger partial charge in [0.2, 0.25) is 0 Å². The number of rotatable bonds is 6. The molecule has 0 amide bonds. The molecule has 1 aliphatic carbocycles. The molecule has 1 saturated carbocycles. The number of nitrogens with one attached hydrogen (secondary N) is 1. The van der Waals surface area contributed by atoms with Crippen molar-refractivity contribution in [1.29, 1.82) is 0 Å². The van der Waals surface area contributed by atoms with Crippen molar-refractivity contribution in [2.45, 2.75) is 58.2 Å². The highest BCUT2D eigenvalue weighted by Gasteiger charge is 2.22. The van der Waals surface area contributed by atoms with Crippen LogP contribution in [0, 0.1) is 5.92 Å². The van der Waals surface area contributed by atoms with E-state index >= 15 is 0 Å². The third-order valence-electron chi connectivity index (χ3n) is 4.23. The number of hydrogen-bond donors (Lipinski definition) is 1. The molecule has 0 bridgehead atoms. The topological polar surface area (TPSA) is 21.3 Å². The van der Waals surface area contributed by atoms with Crippen LogP contribution in [-0.4, -0.2) is 12.7 Å². The summed E-state index contributed by atoms with van der Waals surface area (Å²) in [5, 5.41) is 3.61. The van der Waals surface area contributed by atoms with E-state index in [9.17, 15) is 8.78 Å². The lowest BCUT2D eigenvalue weighted by atomic mass is 9.98. The Morgan fingerprint density at radius 3 is 2.25 bits per heavy atom. The molecule has 0 heterocycles. The third kappa shape index (κ3) is 4.17. The van der Waals surface area contributed by atoms with E-state index < -0.39 is 6.61 Å². The summed E-state index contributed by atoms with van der Waals surface area (Å²) in [6.07, 6.45) is 5.29. The van der Waals surface area contributed by atoms with Gasteiger partial charge in [-0.05, 0) is 50.3 Å². The maximum absolute atomic E-state index is 12.1. The molecule has 0 aliphatic heterocycles. The Balaban J connectivity index is 1.89. The summed E-state index contributed by atoms with van der Waals surface area (Å²) in [6, 6.07) is 7.59. The monoisotopic (exact) mass is 283 g/mol. The second kappa shape index (κ2) is 7.02. The Morgan fingerprint density at radius 1 is 1.10 bits per heavy atom. The first-order valence-electron chi connectivity index (χ1n) is 7.37. The summed E-state index contributed by atoms with van der Waals surface area (Å²) >= 11 is 0. The fourth-order valence-electron chi connectivity index (χ4n) is 3.02. The molecule has 0 radical (unpaired) electrons. The summed E-state index contributed by atoms with van der Waals surface area (Å²) in [6.45, 7) is 1.58. The molecule has 112 valence electrons. The average Bonchev–Trinajstić information content (AvgIpc) is 2.92. The van der Waals surface area contributed by atoms with Crippen molar-refractivity contribution < 1.29 is 13.5 Å². The highest BCUT2D eigenvalue weighted by molar-refractivity contribution is 5.29. The van der Waals surface area contributed by atoms with Gasteiger partial charge in [0.15, 0.2) is 0 Å². The summed E-state index contributed by atoms with van der Waals surface area (Å²) in [5.41, 5.74) is 1.09. The molecule has 1 aromatic rings. The van der Waals surface area contributed by atoms with E-state index in [0.717, 1.165) is 11.5 Å². The summed E-state index contributed by atoms with van der Waals surface area (Å²) in [4.78, 5) is 0. The van der Waals surface area contributed by atoms with E-state index in [1.165, 1.54) is 25.7 Å². The quantitative estimate of drug-likeness (QED) is 0.829. The first-order valence-corrected chi connectivity index (χ1v) is 7.37. The van der Waals surface area contributed by atoms with Gasteiger partial charge >= 0.3 is 6.61 Å². The Labute approximate surface area is 119 Å². The van der Waals surface area contributed by atoms with Crippen LogP contribution in [-0.2, 0) is 0 Å². The fourth-order valence-corrected chi connectivity index (χ4v) is 3.02. The van der Waals surface area contributed by atoms with Crippen LogP contribution in [0.15, 0.2) is 24.3 Å². The minimum atomic E-state index is -2.77. The molecule has 0 saturated heterocycles. The second-order valence-corrected chi connectivity index (χ2v) is 5.67. The lowest BCUT2D eigenvalue weighted by molar-refractivity contribution is -0.0498. The van der Waals surface area contributed by atoms with E-state index in [0.29, 0.717) is 6.04 Å². The van der Waals surface area contributed by atoms with E-state index in [1.54, 1.807) is 12.1 Å². The molecule has 1 aromatic carbocycles. The SMILES string of the molecule is CC(N[C@@H](C)C1CCCC1)c1ccc(OC(F)F)cc1. The summed E-state index contributed by atoms with van der Waals surface area (Å²) in [5.74, 6) is 0.971. The number of alkyl halides is 2. The van der Waals surface area contributed by atoms with Crippen LogP contribution < -0.4 is 10.1 Å². The molecule has 20 heavy (non-hydrogen) atoms. The van der Waals surface area contributed by atoms with Crippen molar-refractivity contribution in [2.24, 2.45) is 5.92 Å². The van der Waals surface area contributed by atoms with Gasteiger partial charge in [-0.15, -0.1) is 0 Å². The Kier molecular flexibility index (Phi) is 5.35. The van der Waals surface area contributed by atoms with Crippen LogP contribution in [0.25, 0.3) is 0 Å². The second-order valence-electron chi connectivity index (χ2n) is 5.67. The molecule has 1 aliphatic rings. The first kappa shape index (κ1) is 15.2. The predicted octanol–water partition coefficient (Wildman–Crippen LogP) is 4.52. The van der Waals surface area contributed by atoms with Gasteiger partial charge < -0.3 is 10.1 Å². The fraction of sp³-hybridized carbons (Fsp3) is 0.625. The Hall–Kier alpha value is -1.16. The van der Waals surface area contributed by atoms with Gasteiger partial charge in [0, 0.05) is 12.1 Å². The van der Waals surface area contributed by atoms with E-state index in [4.69, 9.17) is 0 Å². The van der Waals surface area contributed by atoms with Gasteiger partial charge in [-0.1, -0.05) is 25.0 Å². The van der Waals surface area contributed by atoms with Crippen LogP contribution in [0.4, 0.5) is 8.78 Å². The predicted molar refractivity (Wildman–Crippen MR) is 76.0 cm³/mol. The molecule has 1 unspecified atom stereocenters. The Morgan fingerprint density at radius 2 is 1.70 bits per heavy atom. The van der Waals surface area contributed by atoms with Crippen molar-refractivity contribution >= 4 is 0 Å². The van der Waals surface area contributed by atoms with Crippen molar-refractivity contribution in [1.82, 2.24) is 5.32 Å². The van der Waals surface area contributed by atoms with Crippen molar-refractivity contribution in [3.8, 4) is 5.75 Å². The lowest BCUT2D eigenvalue weighted by Crippen LogP contribution is -2.34. The molecule has 0 aromatic heterocycles. The number of ether oxygens (including phenoxy) is 1. The van der Waals surface area contributed by atoms with Gasteiger partial charge in [0.25, 0.3) is 0 Å². The maximum Gasteiger partial charge on any atom is 0.387 e. The third-order valence-corrected chi connectivity index (χ3v) is 4.23. The highest BCUT2D eigenvalue weighted by atomic mass is 19.3. The number of benzene rings is 1. The number of hydrogen-bond acceptors (Lipinski definition) is 2. The summed E-state index contributed by atoms with van der Waals surface area (Å²) < 4.78 is 28.5. The van der Waals surface area contributed by atoms with E-state index in [2.05, 4.69) is 23.9 Å². The van der Waals surface area contributed by atoms with Crippen molar-refractivity contribution in [3.05, 3.63) is 29.8 Å². The molecule has 2 rings (SSSR count). The first-order chi connectivity index (χ1) is 9.56. The zero-order valence-corrected chi connectivity index (χ0v) is 12.1. The minimum absolute atomic E-state index is 0.208. The molecule has 1 N–H and O–H groups in total. The molecule has 2 nitrogen and oxygen atoms in total. The van der Waals surface area contributed by atoms with Crippen LogP contribution in [0.3, 0.4) is 0 Å². The average molecular weight is 283 g/mol. The highest BCUT2D eigenvalue weighted by Crippen LogP contribution is 2.29. The van der Waals surface area contributed by atoms with E-state index in [1.807, 2.05) is 12.1 Å². The zero-order valence-electron chi connectivity index (χ0n) is 12.1. The minimum Gasteiger partial charge on any atom is -0.435 e. The van der Waals surface area contributed by atoms with Gasteiger partial charge in [-0.2, -0.15) is 8.78 Å². The molecular weight excluding hydrogens is 260 g/mol.